The second-order valence-electron chi connectivity index (χ2n) is 3.85. The van der Waals surface area contributed by atoms with E-state index >= 15 is 0 Å². The van der Waals surface area contributed by atoms with Crippen LogP contribution in [-0.2, 0) is 0 Å². The Balaban J connectivity index is 2.58. The summed E-state index contributed by atoms with van der Waals surface area (Å²) in [6.45, 7) is 0. The molecule has 7 heteroatoms. The van der Waals surface area contributed by atoms with Crippen molar-refractivity contribution in [2.75, 3.05) is 0 Å². The van der Waals surface area contributed by atoms with Crippen molar-refractivity contribution in [3.63, 3.8) is 0 Å². The van der Waals surface area contributed by atoms with Gasteiger partial charge in [0.2, 0.25) is 0 Å². The number of aromatic hydroxyl groups is 1. The highest BCUT2D eigenvalue weighted by atomic mass is 19.4. The Kier molecular flexibility index (Phi) is 3.52. The maximum atomic E-state index is 13.6. The topological polar surface area (TPSA) is 29.5 Å². The molecule has 0 unspecified atom stereocenters. The quantitative estimate of drug-likeness (QED) is 0.838. The van der Waals surface area contributed by atoms with E-state index in [0.29, 0.717) is 6.07 Å². The molecule has 0 spiro atoms. The van der Waals surface area contributed by atoms with Crippen LogP contribution in [0.4, 0.5) is 22.0 Å². The molecule has 0 aliphatic carbocycles. The predicted molar refractivity (Wildman–Crippen MR) is 60.1 cm³/mol. The van der Waals surface area contributed by atoms with Crippen LogP contribution in [0.5, 0.6) is 11.5 Å². The number of ether oxygens (including phenoxy) is 1. The van der Waals surface area contributed by atoms with Crippen LogP contribution >= 0.6 is 0 Å². The summed E-state index contributed by atoms with van der Waals surface area (Å²) in [6, 6.07) is 5.09. The maximum absolute atomic E-state index is 13.6. The van der Waals surface area contributed by atoms with Gasteiger partial charge in [0.1, 0.15) is 23.1 Å². The molecule has 0 amide bonds. The van der Waals surface area contributed by atoms with Crippen molar-refractivity contribution < 1.29 is 31.8 Å². The number of alkyl halides is 3. The predicted octanol–water partition coefficient (Wildman–Crippen LogP) is 4.24. The van der Waals surface area contributed by atoms with Gasteiger partial charge in [-0.1, -0.05) is 0 Å². The summed E-state index contributed by atoms with van der Waals surface area (Å²) < 4.78 is 67.3. The molecule has 2 rings (SSSR count). The number of benzene rings is 2. The van der Waals surface area contributed by atoms with Crippen LogP contribution in [0.25, 0.3) is 11.1 Å². The molecule has 0 bridgehead atoms. The van der Waals surface area contributed by atoms with Crippen molar-refractivity contribution >= 4 is 0 Å². The molecule has 0 atom stereocenters. The van der Waals surface area contributed by atoms with E-state index < -0.39 is 35.1 Å². The summed E-state index contributed by atoms with van der Waals surface area (Å²) in [6.07, 6.45) is -5.02. The lowest BCUT2D eigenvalue weighted by Crippen LogP contribution is -2.17. The number of hydrogen-bond acceptors (Lipinski definition) is 2. The average molecular weight is 290 g/mol. The van der Waals surface area contributed by atoms with Gasteiger partial charge < -0.3 is 9.84 Å². The molecule has 2 nitrogen and oxygen atoms in total. The molecule has 0 saturated heterocycles. The lowest BCUT2D eigenvalue weighted by Gasteiger charge is -2.14. The van der Waals surface area contributed by atoms with Gasteiger partial charge in [-0.2, -0.15) is 0 Å². The molecular weight excluding hydrogens is 283 g/mol. The number of phenols is 1. The van der Waals surface area contributed by atoms with Crippen LogP contribution in [0.1, 0.15) is 0 Å². The summed E-state index contributed by atoms with van der Waals surface area (Å²) in [7, 11) is 0. The van der Waals surface area contributed by atoms with Crippen molar-refractivity contribution in [1.29, 1.82) is 0 Å². The summed E-state index contributed by atoms with van der Waals surface area (Å²) in [4.78, 5) is 0. The zero-order chi connectivity index (χ0) is 14.9. The minimum Gasteiger partial charge on any atom is -0.508 e. The van der Waals surface area contributed by atoms with Crippen LogP contribution in [-0.4, -0.2) is 11.5 Å². The van der Waals surface area contributed by atoms with Gasteiger partial charge in [-0.3, -0.25) is 0 Å². The molecule has 2 aromatic rings. The highest BCUT2D eigenvalue weighted by Crippen LogP contribution is 2.37. The first-order chi connectivity index (χ1) is 9.26. The lowest BCUT2D eigenvalue weighted by molar-refractivity contribution is -0.274. The fraction of sp³-hybridized carbons (Fsp3) is 0.0769. The van der Waals surface area contributed by atoms with Crippen LogP contribution in [0.15, 0.2) is 36.4 Å². The minimum atomic E-state index is -5.02. The van der Waals surface area contributed by atoms with Gasteiger partial charge in [-0.25, -0.2) is 8.78 Å². The zero-order valence-corrected chi connectivity index (χ0v) is 9.71. The normalized spacial score (nSPS) is 11.4. The first-order valence-electron chi connectivity index (χ1n) is 5.30. The Labute approximate surface area is 110 Å². The molecule has 0 aliphatic heterocycles. The van der Waals surface area contributed by atoms with E-state index in [-0.39, 0.29) is 5.56 Å². The van der Waals surface area contributed by atoms with E-state index in [1.807, 2.05) is 0 Å². The third-order valence-corrected chi connectivity index (χ3v) is 2.41. The monoisotopic (exact) mass is 290 g/mol. The summed E-state index contributed by atoms with van der Waals surface area (Å²) in [5.41, 5.74) is -0.721. The van der Waals surface area contributed by atoms with E-state index in [1.54, 1.807) is 0 Å². The highest BCUT2D eigenvalue weighted by molar-refractivity contribution is 5.72. The Bertz CT molecular complexity index is 637. The molecule has 1 N–H and O–H groups in total. The Hall–Kier alpha value is -2.31. The van der Waals surface area contributed by atoms with Crippen LogP contribution in [0.3, 0.4) is 0 Å². The third-order valence-electron chi connectivity index (χ3n) is 2.41. The van der Waals surface area contributed by atoms with Crippen molar-refractivity contribution in [2.45, 2.75) is 6.36 Å². The summed E-state index contributed by atoms with van der Waals surface area (Å²) in [5, 5.41) is 9.19. The smallest absolute Gasteiger partial charge is 0.508 e. The highest BCUT2D eigenvalue weighted by Gasteiger charge is 2.32. The fourth-order valence-electron chi connectivity index (χ4n) is 1.65. The number of halogens is 5. The van der Waals surface area contributed by atoms with Gasteiger partial charge in [-0.15, -0.1) is 13.2 Å². The zero-order valence-electron chi connectivity index (χ0n) is 9.71. The van der Waals surface area contributed by atoms with Gasteiger partial charge in [0.25, 0.3) is 0 Å². The van der Waals surface area contributed by atoms with Crippen molar-refractivity contribution in [3.8, 4) is 22.6 Å². The molecule has 0 fully saturated rings. The van der Waals surface area contributed by atoms with Crippen LogP contribution in [0.2, 0.25) is 0 Å². The molecule has 106 valence electrons. The van der Waals surface area contributed by atoms with Crippen LogP contribution < -0.4 is 4.74 Å². The minimum absolute atomic E-state index is 0.322. The van der Waals surface area contributed by atoms with Gasteiger partial charge in [0.15, 0.2) is 0 Å². The fourth-order valence-corrected chi connectivity index (χ4v) is 1.65. The van der Waals surface area contributed by atoms with Gasteiger partial charge in [-0.05, 0) is 30.3 Å². The molecule has 20 heavy (non-hydrogen) atoms. The second-order valence-corrected chi connectivity index (χ2v) is 3.85. The van der Waals surface area contributed by atoms with Gasteiger partial charge in [0, 0.05) is 17.2 Å². The van der Waals surface area contributed by atoms with Crippen molar-refractivity contribution in [1.82, 2.24) is 0 Å². The molecule has 0 saturated carbocycles. The summed E-state index contributed by atoms with van der Waals surface area (Å²) >= 11 is 0. The van der Waals surface area contributed by atoms with Crippen molar-refractivity contribution in [2.24, 2.45) is 0 Å². The van der Waals surface area contributed by atoms with Gasteiger partial charge >= 0.3 is 6.36 Å². The number of hydrogen-bond donors (Lipinski definition) is 1. The Morgan fingerprint density at radius 2 is 1.60 bits per heavy atom. The lowest BCUT2D eigenvalue weighted by atomic mass is 10.0. The molecule has 0 heterocycles. The third kappa shape index (κ3) is 3.17. The van der Waals surface area contributed by atoms with Crippen LogP contribution in [0, 0.1) is 11.6 Å². The van der Waals surface area contributed by atoms with Crippen molar-refractivity contribution in [3.05, 3.63) is 48.0 Å². The number of rotatable bonds is 2. The molecule has 0 aromatic heterocycles. The molecule has 2 aromatic carbocycles. The van der Waals surface area contributed by atoms with E-state index in [1.165, 1.54) is 0 Å². The van der Waals surface area contributed by atoms with E-state index in [0.717, 1.165) is 30.3 Å². The van der Waals surface area contributed by atoms with E-state index in [2.05, 4.69) is 4.74 Å². The second kappa shape index (κ2) is 4.99. The van der Waals surface area contributed by atoms with Gasteiger partial charge in [0.05, 0.1) is 0 Å². The Morgan fingerprint density at radius 1 is 0.900 bits per heavy atom. The van der Waals surface area contributed by atoms with E-state index in [4.69, 9.17) is 0 Å². The maximum Gasteiger partial charge on any atom is 0.573 e. The first-order valence-corrected chi connectivity index (χ1v) is 5.30. The molecule has 0 aliphatic rings. The largest absolute Gasteiger partial charge is 0.573 e. The number of phenolic OH excluding ortho intramolecular Hbond substituents is 1. The first kappa shape index (κ1) is 14.1. The average Bonchev–Trinajstić information content (AvgIpc) is 2.31. The van der Waals surface area contributed by atoms with E-state index in [9.17, 15) is 27.1 Å². The standard InChI is InChI=1S/C13H7F5O2/c14-7-1-4-11(15)10(5-7)9-3-2-8(19)6-12(9)20-13(16,17)18/h1-6,19H. The molecular formula is C13H7F5O2. The Morgan fingerprint density at radius 3 is 2.25 bits per heavy atom. The molecule has 0 radical (unpaired) electrons. The SMILES string of the molecule is Oc1ccc(-c2cc(F)ccc2F)c(OC(F)(F)F)c1. The summed E-state index contributed by atoms with van der Waals surface area (Å²) in [5.74, 6) is -3.04.